The molecule has 2 amide bonds. The lowest BCUT2D eigenvalue weighted by Crippen LogP contribution is -2.33. The number of aromatic nitrogens is 3. The molecule has 0 aliphatic heterocycles. The Morgan fingerprint density at radius 2 is 1.81 bits per heavy atom. The molecule has 36 heavy (non-hydrogen) atoms. The number of aryl methyl sites for hydroxylation is 1. The second-order valence-corrected chi connectivity index (χ2v) is 9.54. The fourth-order valence-corrected chi connectivity index (χ4v) is 4.28. The van der Waals surface area contributed by atoms with Crippen LogP contribution in [0.15, 0.2) is 66.3 Å². The highest BCUT2D eigenvalue weighted by molar-refractivity contribution is 7.99. The third kappa shape index (κ3) is 7.21. The minimum absolute atomic E-state index is 0.0629. The van der Waals surface area contributed by atoms with Crippen molar-refractivity contribution in [2.75, 3.05) is 17.7 Å². The summed E-state index contributed by atoms with van der Waals surface area (Å²) in [6.07, 6.45) is 1.75. The molecule has 2 aromatic carbocycles. The van der Waals surface area contributed by atoms with E-state index in [1.807, 2.05) is 56.5 Å². The Bertz CT molecular complexity index is 1170. The Balaban J connectivity index is 1.70. The molecular weight excluding hydrogens is 474 g/mol. The number of carbonyl (C=O) groups excluding carboxylic acids is 2. The summed E-state index contributed by atoms with van der Waals surface area (Å²) in [5.41, 5.74) is 2.36. The number of amides is 2. The van der Waals surface area contributed by atoms with Crippen LogP contribution in [0.5, 0.6) is 5.75 Å². The number of benzene rings is 2. The molecule has 2 N–H and O–H groups in total. The Morgan fingerprint density at radius 3 is 2.42 bits per heavy atom. The molecule has 3 aromatic rings. The number of carbonyl (C=O) groups is 2. The minimum atomic E-state index is -0.363. The van der Waals surface area contributed by atoms with E-state index < -0.39 is 0 Å². The topological polar surface area (TPSA) is 98.1 Å². The highest BCUT2D eigenvalue weighted by Gasteiger charge is 2.26. The second-order valence-electron chi connectivity index (χ2n) is 8.60. The van der Waals surface area contributed by atoms with Gasteiger partial charge in [-0.1, -0.05) is 49.4 Å². The molecule has 190 valence electrons. The van der Waals surface area contributed by atoms with Gasteiger partial charge in [0, 0.05) is 17.8 Å². The maximum absolute atomic E-state index is 12.9. The van der Waals surface area contributed by atoms with Gasteiger partial charge in [0.05, 0.1) is 18.4 Å². The van der Waals surface area contributed by atoms with Crippen LogP contribution in [0.4, 0.5) is 5.69 Å². The molecule has 0 unspecified atom stereocenters. The smallest absolute Gasteiger partial charge is 0.251 e. The number of ether oxygens (including phenoxy) is 1. The fourth-order valence-electron chi connectivity index (χ4n) is 3.52. The normalized spacial score (nSPS) is 11.7. The van der Waals surface area contributed by atoms with Gasteiger partial charge in [0.15, 0.2) is 11.0 Å². The summed E-state index contributed by atoms with van der Waals surface area (Å²) in [4.78, 5) is 25.5. The number of rotatable bonds is 12. The van der Waals surface area contributed by atoms with E-state index >= 15 is 0 Å². The third-order valence-electron chi connectivity index (χ3n) is 5.38. The first-order valence-electron chi connectivity index (χ1n) is 11.9. The van der Waals surface area contributed by atoms with Crippen LogP contribution in [0.3, 0.4) is 0 Å². The van der Waals surface area contributed by atoms with E-state index in [1.54, 1.807) is 30.3 Å². The Hall–Kier alpha value is -3.59. The standard InChI is InChI=1S/C27H33N5O3S/c1-6-16-32-25(24(18(3)4)29-26(34)20-10-8-19(5)9-11-20)30-31-27(32)36-17-23(33)28-21-12-14-22(15-13-21)35-7-2/h6,8-15,18,24H,1,7,16-17H2,2-5H3,(H,28,33)(H,29,34)/t24-/m0/s1. The Labute approximate surface area is 216 Å². The van der Waals surface area contributed by atoms with Crippen molar-refractivity contribution in [1.29, 1.82) is 0 Å². The van der Waals surface area contributed by atoms with E-state index in [9.17, 15) is 9.59 Å². The first kappa shape index (κ1) is 27.0. The highest BCUT2D eigenvalue weighted by Crippen LogP contribution is 2.26. The Kier molecular flexibility index (Phi) is 9.69. The average molecular weight is 508 g/mol. The summed E-state index contributed by atoms with van der Waals surface area (Å²) >= 11 is 1.28. The number of nitrogens with zero attached hydrogens (tertiary/aromatic N) is 3. The van der Waals surface area contributed by atoms with Crippen LogP contribution in [0.2, 0.25) is 0 Å². The summed E-state index contributed by atoms with van der Waals surface area (Å²) in [5.74, 6) is 1.26. The number of allylic oxidation sites excluding steroid dienone is 1. The third-order valence-corrected chi connectivity index (χ3v) is 6.35. The second kappa shape index (κ2) is 12.9. The molecule has 0 saturated heterocycles. The molecule has 9 heteroatoms. The molecule has 0 aliphatic carbocycles. The van der Waals surface area contributed by atoms with E-state index in [-0.39, 0.29) is 29.5 Å². The molecule has 0 saturated carbocycles. The lowest BCUT2D eigenvalue weighted by atomic mass is 10.0. The Morgan fingerprint density at radius 1 is 1.11 bits per heavy atom. The zero-order valence-corrected chi connectivity index (χ0v) is 22.0. The van der Waals surface area contributed by atoms with E-state index in [2.05, 4.69) is 27.4 Å². The summed E-state index contributed by atoms with van der Waals surface area (Å²) < 4.78 is 7.32. The van der Waals surface area contributed by atoms with Crippen LogP contribution in [-0.4, -0.2) is 38.9 Å². The van der Waals surface area contributed by atoms with Gasteiger partial charge in [-0.3, -0.25) is 9.59 Å². The molecule has 0 radical (unpaired) electrons. The minimum Gasteiger partial charge on any atom is -0.494 e. The summed E-state index contributed by atoms with van der Waals surface area (Å²) in [6.45, 7) is 12.8. The van der Waals surface area contributed by atoms with Crippen molar-refractivity contribution in [3.05, 3.63) is 78.1 Å². The van der Waals surface area contributed by atoms with Crippen LogP contribution >= 0.6 is 11.8 Å². The first-order valence-corrected chi connectivity index (χ1v) is 12.9. The largest absolute Gasteiger partial charge is 0.494 e. The molecule has 1 aromatic heterocycles. The molecule has 1 atom stereocenters. The molecule has 3 rings (SSSR count). The molecule has 1 heterocycles. The van der Waals surface area contributed by atoms with Crippen LogP contribution in [-0.2, 0) is 11.3 Å². The van der Waals surface area contributed by atoms with Crippen LogP contribution in [0, 0.1) is 12.8 Å². The molecule has 0 spiro atoms. The molecular formula is C27H33N5O3S. The van der Waals surface area contributed by atoms with Gasteiger partial charge in [0.1, 0.15) is 5.75 Å². The first-order chi connectivity index (χ1) is 17.3. The fraction of sp³-hybridized carbons (Fsp3) is 0.333. The van der Waals surface area contributed by atoms with Crippen molar-refractivity contribution >= 4 is 29.3 Å². The van der Waals surface area contributed by atoms with E-state index in [1.165, 1.54) is 11.8 Å². The zero-order chi connectivity index (χ0) is 26.1. The lowest BCUT2D eigenvalue weighted by molar-refractivity contribution is -0.113. The van der Waals surface area contributed by atoms with Gasteiger partial charge in [-0.2, -0.15) is 0 Å². The van der Waals surface area contributed by atoms with Gasteiger partial charge in [0.25, 0.3) is 5.91 Å². The van der Waals surface area contributed by atoms with E-state index in [0.717, 1.165) is 11.3 Å². The van der Waals surface area contributed by atoms with Crippen molar-refractivity contribution in [2.45, 2.75) is 45.4 Å². The van der Waals surface area contributed by atoms with Gasteiger partial charge in [0.2, 0.25) is 5.91 Å². The van der Waals surface area contributed by atoms with Crippen molar-refractivity contribution in [3.63, 3.8) is 0 Å². The van der Waals surface area contributed by atoms with E-state index in [4.69, 9.17) is 4.74 Å². The molecule has 0 aliphatic rings. The van der Waals surface area contributed by atoms with Crippen molar-refractivity contribution in [3.8, 4) is 5.75 Å². The van der Waals surface area contributed by atoms with E-state index in [0.29, 0.717) is 35.4 Å². The molecule has 0 bridgehead atoms. The van der Waals surface area contributed by atoms with Gasteiger partial charge < -0.3 is 19.9 Å². The van der Waals surface area contributed by atoms with Gasteiger partial charge in [-0.25, -0.2) is 0 Å². The van der Waals surface area contributed by atoms with Crippen molar-refractivity contribution in [1.82, 2.24) is 20.1 Å². The van der Waals surface area contributed by atoms with Crippen LogP contribution in [0.1, 0.15) is 48.6 Å². The predicted octanol–water partition coefficient (Wildman–Crippen LogP) is 5.03. The quantitative estimate of drug-likeness (QED) is 0.264. The van der Waals surface area contributed by atoms with Crippen molar-refractivity contribution in [2.24, 2.45) is 5.92 Å². The van der Waals surface area contributed by atoms with Crippen LogP contribution in [0.25, 0.3) is 0 Å². The number of nitrogens with one attached hydrogen (secondary N) is 2. The number of hydrogen-bond donors (Lipinski definition) is 2. The predicted molar refractivity (Wildman–Crippen MR) is 143 cm³/mol. The maximum Gasteiger partial charge on any atom is 0.251 e. The number of thioether (sulfide) groups is 1. The molecule has 0 fully saturated rings. The van der Waals surface area contributed by atoms with Gasteiger partial charge in [-0.15, -0.1) is 16.8 Å². The van der Waals surface area contributed by atoms with Crippen LogP contribution < -0.4 is 15.4 Å². The monoisotopic (exact) mass is 507 g/mol. The average Bonchev–Trinajstić information content (AvgIpc) is 3.25. The summed E-state index contributed by atoms with van der Waals surface area (Å²) in [7, 11) is 0. The number of anilines is 1. The SMILES string of the molecule is C=CCn1c(SCC(=O)Nc2ccc(OCC)cc2)nnc1[C@@H](NC(=O)c1ccc(C)cc1)C(C)C. The molecule has 8 nitrogen and oxygen atoms in total. The number of hydrogen-bond acceptors (Lipinski definition) is 6. The summed E-state index contributed by atoms with van der Waals surface area (Å²) in [6, 6.07) is 14.3. The summed E-state index contributed by atoms with van der Waals surface area (Å²) in [5, 5.41) is 15.3. The van der Waals surface area contributed by atoms with Gasteiger partial charge >= 0.3 is 0 Å². The zero-order valence-electron chi connectivity index (χ0n) is 21.2. The van der Waals surface area contributed by atoms with Gasteiger partial charge in [-0.05, 0) is 56.2 Å². The maximum atomic E-state index is 12.9. The highest BCUT2D eigenvalue weighted by atomic mass is 32.2. The van der Waals surface area contributed by atoms with Crippen molar-refractivity contribution < 1.29 is 14.3 Å². The lowest BCUT2D eigenvalue weighted by Gasteiger charge is -2.22.